The summed E-state index contributed by atoms with van der Waals surface area (Å²) in [6.07, 6.45) is -0.600. The molecule has 0 saturated carbocycles. The Hall–Kier alpha value is -4.59. The summed E-state index contributed by atoms with van der Waals surface area (Å²) in [5.41, 5.74) is 6.64. The summed E-state index contributed by atoms with van der Waals surface area (Å²) in [5.74, 6) is -0.542. The van der Waals surface area contributed by atoms with Crippen LogP contribution in [0.25, 0.3) is 22.4 Å². The Balaban J connectivity index is 1.26. The van der Waals surface area contributed by atoms with Gasteiger partial charge in [0.2, 0.25) is 11.7 Å². The summed E-state index contributed by atoms with van der Waals surface area (Å²) in [4.78, 5) is 31.3. The van der Waals surface area contributed by atoms with Crippen LogP contribution in [-0.2, 0) is 16.0 Å². The molecule has 37 heavy (non-hydrogen) atoms. The molecule has 8 heteroatoms. The molecule has 188 valence electrons. The summed E-state index contributed by atoms with van der Waals surface area (Å²) in [6, 6.07) is 23.8. The maximum absolute atomic E-state index is 12.6. The number of carbonyl (C=O) groups excluding carboxylic acids is 2. The third-order valence-electron chi connectivity index (χ3n) is 6.43. The number of amides is 1. The highest BCUT2D eigenvalue weighted by atomic mass is 16.5. The fourth-order valence-electron chi connectivity index (χ4n) is 4.58. The Labute approximate surface area is 214 Å². The molecule has 1 aliphatic carbocycles. The van der Waals surface area contributed by atoms with Gasteiger partial charge in [-0.3, -0.25) is 0 Å². The van der Waals surface area contributed by atoms with E-state index in [4.69, 9.17) is 13.9 Å². The number of oxazole rings is 1. The van der Waals surface area contributed by atoms with E-state index in [9.17, 15) is 9.59 Å². The smallest absolute Gasteiger partial charge is 0.407 e. The van der Waals surface area contributed by atoms with E-state index in [0.29, 0.717) is 11.3 Å². The number of alkyl carbamates (subject to hydrolysis) is 1. The first-order valence-corrected chi connectivity index (χ1v) is 11.9. The molecule has 1 heterocycles. The number of hydrogen-bond acceptors (Lipinski definition) is 7. The van der Waals surface area contributed by atoms with Crippen LogP contribution in [-0.4, -0.2) is 44.9 Å². The number of nitrogens with one attached hydrogen (secondary N) is 1. The molecule has 0 saturated heterocycles. The van der Waals surface area contributed by atoms with Gasteiger partial charge in [0.15, 0.2) is 0 Å². The van der Waals surface area contributed by atoms with Crippen LogP contribution in [0.2, 0.25) is 0 Å². The van der Waals surface area contributed by atoms with E-state index in [1.54, 1.807) is 0 Å². The second kappa shape index (κ2) is 10.2. The lowest BCUT2D eigenvalue weighted by Crippen LogP contribution is -2.25. The lowest BCUT2D eigenvalue weighted by molar-refractivity contribution is 0.0564. The normalized spacial score (nSPS) is 12.0. The summed E-state index contributed by atoms with van der Waals surface area (Å²) in [7, 11) is 5.16. The van der Waals surface area contributed by atoms with Gasteiger partial charge in [-0.15, -0.1) is 0 Å². The van der Waals surface area contributed by atoms with Crippen LogP contribution in [0.1, 0.15) is 33.5 Å². The van der Waals surface area contributed by atoms with E-state index in [-0.39, 0.29) is 30.7 Å². The van der Waals surface area contributed by atoms with Crippen LogP contribution >= 0.6 is 0 Å². The number of benzene rings is 3. The zero-order valence-corrected chi connectivity index (χ0v) is 20.9. The van der Waals surface area contributed by atoms with Gasteiger partial charge >= 0.3 is 12.1 Å². The minimum atomic E-state index is -0.647. The van der Waals surface area contributed by atoms with E-state index < -0.39 is 12.1 Å². The highest BCUT2D eigenvalue weighted by Crippen LogP contribution is 2.44. The molecule has 0 bridgehead atoms. The number of ether oxygens (including phenoxy) is 2. The number of hydrogen-bond donors (Lipinski definition) is 1. The van der Waals surface area contributed by atoms with Gasteiger partial charge in [0.1, 0.15) is 12.3 Å². The Morgan fingerprint density at radius 1 is 0.946 bits per heavy atom. The first-order valence-electron chi connectivity index (χ1n) is 11.9. The van der Waals surface area contributed by atoms with Crippen molar-refractivity contribution in [3.8, 4) is 22.4 Å². The summed E-state index contributed by atoms with van der Waals surface area (Å²) >= 11 is 0. The van der Waals surface area contributed by atoms with E-state index in [0.717, 1.165) is 27.9 Å². The summed E-state index contributed by atoms with van der Waals surface area (Å²) < 4.78 is 16.1. The fraction of sp³-hybridized carbons (Fsp3) is 0.207. The third-order valence-corrected chi connectivity index (χ3v) is 6.43. The number of nitrogens with zero attached hydrogens (tertiary/aromatic N) is 2. The number of fused-ring (bicyclic) bond motifs is 3. The lowest BCUT2D eigenvalue weighted by atomic mass is 9.98. The van der Waals surface area contributed by atoms with E-state index >= 15 is 0 Å². The van der Waals surface area contributed by atoms with Crippen LogP contribution in [0, 0.1) is 0 Å². The largest absolute Gasteiger partial charge is 0.463 e. The molecule has 0 fully saturated rings. The minimum absolute atomic E-state index is 0.0237. The van der Waals surface area contributed by atoms with Crippen LogP contribution in [0.4, 0.5) is 10.5 Å². The number of anilines is 1. The molecule has 0 aliphatic heterocycles. The van der Waals surface area contributed by atoms with Gasteiger partial charge in [0.25, 0.3) is 0 Å². The highest BCUT2D eigenvalue weighted by Gasteiger charge is 2.29. The quantitative estimate of drug-likeness (QED) is 0.349. The highest BCUT2D eigenvalue weighted by molar-refractivity contribution is 5.93. The molecule has 1 N–H and O–H groups in total. The second-order valence-electron chi connectivity index (χ2n) is 8.90. The first kappa shape index (κ1) is 24.1. The Bertz CT molecular complexity index is 1400. The monoisotopic (exact) mass is 497 g/mol. The SMILES string of the molecule is COC(=O)c1oc(CNC(=O)OCC2c3ccccc3-c3ccccc32)nc1-c1ccc(N(C)C)cc1. The predicted octanol–water partition coefficient (Wildman–Crippen LogP) is 5.23. The maximum atomic E-state index is 12.6. The molecule has 3 aromatic carbocycles. The molecular formula is C29H27N3O5. The molecule has 4 aromatic rings. The molecule has 0 atom stereocenters. The van der Waals surface area contributed by atoms with Crippen LogP contribution in [0.5, 0.6) is 0 Å². The van der Waals surface area contributed by atoms with Gasteiger partial charge in [-0.25, -0.2) is 14.6 Å². The molecule has 0 spiro atoms. The molecule has 0 radical (unpaired) electrons. The number of esters is 1. The Morgan fingerprint density at radius 3 is 2.16 bits per heavy atom. The number of carbonyl (C=O) groups is 2. The topological polar surface area (TPSA) is 93.9 Å². The summed E-state index contributed by atoms with van der Waals surface area (Å²) in [6.45, 7) is 0.152. The molecule has 8 nitrogen and oxygen atoms in total. The Morgan fingerprint density at radius 2 is 1.57 bits per heavy atom. The molecule has 1 aliphatic rings. The standard InChI is InChI=1S/C29H27N3O5/c1-32(2)19-14-12-18(13-15-19)26-27(28(33)35-3)37-25(31-26)16-30-29(34)36-17-24-22-10-6-4-8-20(22)21-9-5-7-11-23(21)24/h4-15,24H,16-17H2,1-3H3,(H,30,34). The molecule has 1 amide bonds. The van der Waals surface area contributed by atoms with Gasteiger partial charge in [-0.2, -0.15) is 0 Å². The van der Waals surface area contributed by atoms with Crippen molar-refractivity contribution in [3.63, 3.8) is 0 Å². The predicted molar refractivity (Wildman–Crippen MR) is 140 cm³/mol. The number of aromatic nitrogens is 1. The Kier molecular flexibility index (Phi) is 6.64. The van der Waals surface area contributed by atoms with Crippen molar-refractivity contribution in [3.05, 3.63) is 95.6 Å². The molecule has 0 unspecified atom stereocenters. The maximum Gasteiger partial charge on any atom is 0.407 e. The molecule has 1 aromatic heterocycles. The third kappa shape index (κ3) is 4.78. The van der Waals surface area contributed by atoms with Gasteiger partial charge < -0.3 is 24.1 Å². The second-order valence-corrected chi connectivity index (χ2v) is 8.90. The van der Waals surface area contributed by atoms with E-state index in [1.807, 2.05) is 67.5 Å². The van der Waals surface area contributed by atoms with Gasteiger partial charge in [0.05, 0.1) is 13.7 Å². The van der Waals surface area contributed by atoms with Crippen molar-refractivity contribution in [1.82, 2.24) is 10.3 Å². The van der Waals surface area contributed by atoms with Crippen molar-refractivity contribution < 1.29 is 23.5 Å². The number of rotatable bonds is 7. The van der Waals surface area contributed by atoms with Gasteiger partial charge in [-0.1, -0.05) is 60.7 Å². The van der Waals surface area contributed by atoms with E-state index in [1.165, 1.54) is 7.11 Å². The zero-order valence-electron chi connectivity index (χ0n) is 20.9. The van der Waals surface area contributed by atoms with Crippen molar-refractivity contribution in [2.24, 2.45) is 0 Å². The van der Waals surface area contributed by atoms with Crippen molar-refractivity contribution in [2.75, 3.05) is 32.7 Å². The molecule has 5 rings (SSSR count). The fourth-order valence-corrected chi connectivity index (χ4v) is 4.58. The van der Waals surface area contributed by atoms with E-state index in [2.05, 4.69) is 34.6 Å². The lowest BCUT2D eigenvalue weighted by Gasteiger charge is -2.14. The van der Waals surface area contributed by atoms with Gasteiger partial charge in [-0.05, 0) is 34.4 Å². The van der Waals surface area contributed by atoms with Crippen molar-refractivity contribution in [2.45, 2.75) is 12.5 Å². The van der Waals surface area contributed by atoms with Gasteiger partial charge in [0, 0.05) is 31.3 Å². The summed E-state index contributed by atoms with van der Waals surface area (Å²) in [5, 5.41) is 2.67. The first-order chi connectivity index (χ1) is 18.0. The average Bonchev–Trinajstić information content (AvgIpc) is 3.50. The number of methoxy groups -OCH3 is 1. The zero-order chi connectivity index (χ0) is 25.9. The molecular weight excluding hydrogens is 470 g/mol. The minimum Gasteiger partial charge on any atom is -0.463 e. The van der Waals surface area contributed by atoms with Crippen LogP contribution in [0.15, 0.2) is 77.2 Å². The van der Waals surface area contributed by atoms with Crippen molar-refractivity contribution in [1.29, 1.82) is 0 Å². The average molecular weight is 498 g/mol. The van der Waals surface area contributed by atoms with Crippen LogP contribution in [0.3, 0.4) is 0 Å². The van der Waals surface area contributed by atoms with Crippen LogP contribution < -0.4 is 10.2 Å². The van der Waals surface area contributed by atoms with Crippen molar-refractivity contribution >= 4 is 17.7 Å².